The molecule has 0 saturated carbocycles. The molecule has 104 valence electrons. The molecule has 0 fully saturated rings. The van der Waals surface area contributed by atoms with Crippen LogP contribution in [0.15, 0.2) is 18.2 Å². The Morgan fingerprint density at radius 1 is 1.47 bits per heavy atom. The average Bonchev–Trinajstić information content (AvgIpc) is 2.35. The zero-order valence-electron chi connectivity index (χ0n) is 10.2. The van der Waals surface area contributed by atoms with Crippen molar-refractivity contribution in [3.63, 3.8) is 0 Å². The summed E-state index contributed by atoms with van der Waals surface area (Å²) in [6, 6.07) is 4.12. The summed E-state index contributed by atoms with van der Waals surface area (Å²) < 4.78 is 24.0. The van der Waals surface area contributed by atoms with Gasteiger partial charge in [0.1, 0.15) is 11.3 Å². The third kappa shape index (κ3) is 3.87. The van der Waals surface area contributed by atoms with Crippen molar-refractivity contribution in [2.45, 2.75) is 13.3 Å². The van der Waals surface area contributed by atoms with Crippen LogP contribution in [0.4, 0.5) is 20.2 Å². The van der Waals surface area contributed by atoms with Crippen molar-refractivity contribution in [3.05, 3.63) is 33.9 Å². The van der Waals surface area contributed by atoms with E-state index in [0.717, 1.165) is 0 Å². The van der Waals surface area contributed by atoms with Crippen LogP contribution in [0, 0.1) is 10.1 Å². The van der Waals surface area contributed by atoms with Crippen LogP contribution in [0.5, 0.6) is 0 Å². The zero-order valence-corrected chi connectivity index (χ0v) is 10.2. The molecule has 1 rings (SSSR count). The first-order chi connectivity index (χ1) is 8.97. The number of nitrogens with one attached hydrogen (secondary N) is 2. The van der Waals surface area contributed by atoms with E-state index in [0.29, 0.717) is 6.54 Å². The Morgan fingerprint density at radius 3 is 2.68 bits per heavy atom. The third-order valence-electron chi connectivity index (χ3n) is 2.25. The van der Waals surface area contributed by atoms with Gasteiger partial charge in [-0.25, -0.2) is 8.78 Å². The number of hydrogen-bond donors (Lipinski definition) is 2. The van der Waals surface area contributed by atoms with E-state index >= 15 is 0 Å². The summed E-state index contributed by atoms with van der Waals surface area (Å²) in [7, 11) is 0. The number of rotatable bonds is 6. The van der Waals surface area contributed by atoms with Crippen molar-refractivity contribution in [3.8, 4) is 0 Å². The number of nitrogens with zero attached hydrogens (tertiary/aromatic N) is 1. The molecule has 0 radical (unpaired) electrons. The molecular formula is C11H13F2N3O3. The number of carbonyl (C=O) groups excluding carboxylic acids is 1. The molecule has 0 bridgehead atoms. The second-order valence-electron chi connectivity index (χ2n) is 3.59. The van der Waals surface area contributed by atoms with E-state index in [-0.39, 0.29) is 11.3 Å². The van der Waals surface area contributed by atoms with Crippen molar-refractivity contribution >= 4 is 17.3 Å². The molecular weight excluding hydrogens is 260 g/mol. The smallest absolute Gasteiger partial charge is 0.305 e. The molecule has 0 unspecified atom stereocenters. The summed E-state index contributed by atoms with van der Waals surface area (Å²) in [5, 5.41) is 15.7. The Balaban J connectivity index is 3.08. The molecule has 0 heterocycles. The van der Waals surface area contributed by atoms with Crippen LogP contribution >= 0.6 is 0 Å². The number of carbonyl (C=O) groups is 1. The summed E-state index contributed by atoms with van der Waals surface area (Å²) in [6.45, 7) is 1.33. The summed E-state index contributed by atoms with van der Waals surface area (Å²) in [5.74, 6) is -0.897. The van der Waals surface area contributed by atoms with Crippen molar-refractivity contribution in [2.75, 3.05) is 18.4 Å². The van der Waals surface area contributed by atoms with Crippen LogP contribution in [-0.4, -0.2) is 30.3 Å². The monoisotopic (exact) mass is 273 g/mol. The molecule has 19 heavy (non-hydrogen) atoms. The van der Waals surface area contributed by atoms with Crippen molar-refractivity contribution < 1.29 is 18.5 Å². The number of hydrogen-bond acceptors (Lipinski definition) is 4. The number of halogens is 2. The minimum absolute atomic E-state index is 0.178. The molecule has 6 nitrogen and oxygen atoms in total. The maximum absolute atomic E-state index is 12.0. The minimum Gasteiger partial charge on any atom is -0.380 e. The van der Waals surface area contributed by atoms with Crippen LogP contribution in [-0.2, 0) is 0 Å². The molecule has 0 aliphatic heterocycles. The standard InChI is InChI=1S/C11H13F2N3O3/c1-2-14-8-5-3-4-7(10(8)16(18)19)11(17)15-6-9(12)13/h3-5,9,14H,2,6H2,1H3,(H,15,17). The summed E-state index contributed by atoms with van der Waals surface area (Å²) >= 11 is 0. The Morgan fingerprint density at radius 2 is 2.16 bits per heavy atom. The lowest BCUT2D eigenvalue weighted by molar-refractivity contribution is -0.384. The average molecular weight is 273 g/mol. The third-order valence-corrected chi connectivity index (χ3v) is 2.25. The number of para-hydroxylation sites is 1. The van der Waals surface area contributed by atoms with Gasteiger partial charge in [-0.15, -0.1) is 0 Å². The van der Waals surface area contributed by atoms with Crippen LogP contribution in [0.25, 0.3) is 0 Å². The van der Waals surface area contributed by atoms with E-state index < -0.39 is 29.5 Å². The first-order valence-electron chi connectivity index (χ1n) is 5.55. The molecule has 0 saturated heterocycles. The molecule has 0 atom stereocenters. The summed E-state index contributed by atoms with van der Waals surface area (Å²) in [5.41, 5.74) is -0.489. The number of anilines is 1. The van der Waals surface area contributed by atoms with Gasteiger partial charge in [0, 0.05) is 6.54 Å². The molecule has 1 aromatic carbocycles. The molecule has 0 spiro atoms. The predicted octanol–water partition coefficient (Wildman–Crippen LogP) is 2.02. The Labute approximate surface area is 108 Å². The second kappa shape index (κ2) is 6.62. The highest BCUT2D eigenvalue weighted by Crippen LogP contribution is 2.28. The van der Waals surface area contributed by atoms with E-state index in [4.69, 9.17) is 0 Å². The van der Waals surface area contributed by atoms with Gasteiger partial charge >= 0.3 is 5.69 Å². The highest BCUT2D eigenvalue weighted by molar-refractivity contribution is 6.00. The van der Waals surface area contributed by atoms with Gasteiger partial charge in [0.15, 0.2) is 0 Å². The van der Waals surface area contributed by atoms with Gasteiger partial charge < -0.3 is 10.6 Å². The maximum atomic E-state index is 12.0. The van der Waals surface area contributed by atoms with E-state index in [1.807, 2.05) is 5.32 Å². The SMILES string of the molecule is CCNc1cccc(C(=O)NCC(F)F)c1[N+](=O)[O-]. The van der Waals surface area contributed by atoms with Crippen molar-refractivity contribution in [1.29, 1.82) is 0 Å². The summed E-state index contributed by atoms with van der Waals surface area (Å²) in [4.78, 5) is 21.9. The fraction of sp³-hybridized carbons (Fsp3) is 0.364. The fourth-order valence-electron chi connectivity index (χ4n) is 1.52. The highest BCUT2D eigenvalue weighted by atomic mass is 19.3. The zero-order chi connectivity index (χ0) is 14.4. The molecule has 0 aliphatic rings. The molecule has 2 N–H and O–H groups in total. The quantitative estimate of drug-likeness (QED) is 0.613. The molecule has 0 aromatic heterocycles. The first-order valence-corrected chi connectivity index (χ1v) is 5.55. The van der Waals surface area contributed by atoms with Crippen LogP contribution < -0.4 is 10.6 Å². The van der Waals surface area contributed by atoms with Gasteiger partial charge in [0.25, 0.3) is 12.3 Å². The van der Waals surface area contributed by atoms with Crippen LogP contribution in [0.2, 0.25) is 0 Å². The van der Waals surface area contributed by atoms with Gasteiger partial charge in [-0.05, 0) is 19.1 Å². The first kappa shape index (κ1) is 14.8. The number of nitro groups is 1. The minimum atomic E-state index is -2.71. The lowest BCUT2D eigenvalue weighted by Gasteiger charge is -2.09. The van der Waals surface area contributed by atoms with Crippen LogP contribution in [0.3, 0.4) is 0 Å². The van der Waals surface area contributed by atoms with E-state index in [9.17, 15) is 23.7 Å². The lowest BCUT2D eigenvalue weighted by Crippen LogP contribution is -2.29. The number of nitro benzene ring substituents is 1. The normalized spacial score (nSPS) is 10.3. The topological polar surface area (TPSA) is 84.3 Å². The maximum Gasteiger partial charge on any atom is 0.305 e. The van der Waals surface area contributed by atoms with Crippen molar-refractivity contribution in [1.82, 2.24) is 5.32 Å². The van der Waals surface area contributed by atoms with Gasteiger partial charge in [0.2, 0.25) is 0 Å². The van der Waals surface area contributed by atoms with Gasteiger partial charge in [0.05, 0.1) is 11.5 Å². The Bertz CT molecular complexity index is 480. The Hall–Kier alpha value is -2.25. The molecule has 8 heteroatoms. The lowest BCUT2D eigenvalue weighted by atomic mass is 10.1. The van der Waals surface area contributed by atoms with Gasteiger partial charge in [-0.1, -0.05) is 6.07 Å². The van der Waals surface area contributed by atoms with Crippen LogP contribution in [0.1, 0.15) is 17.3 Å². The highest BCUT2D eigenvalue weighted by Gasteiger charge is 2.24. The molecule has 1 aromatic rings. The number of amides is 1. The van der Waals surface area contributed by atoms with E-state index in [1.54, 1.807) is 6.92 Å². The van der Waals surface area contributed by atoms with Gasteiger partial charge in [-0.3, -0.25) is 14.9 Å². The van der Waals surface area contributed by atoms with Gasteiger partial charge in [-0.2, -0.15) is 0 Å². The predicted molar refractivity (Wildman–Crippen MR) is 65.6 cm³/mol. The van der Waals surface area contributed by atoms with E-state index in [2.05, 4.69) is 5.32 Å². The number of benzene rings is 1. The molecule has 0 aliphatic carbocycles. The fourth-order valence-corrected chi connectivity index (χ4v) is 1.52. The largest absolute Gasteiger partial charge is 0.380 e. The summed E-state index contributed by atoms with van der Waals surface area (Å²) in [6.07, 6.45) is -2.71. The Kier molecular flexibility index (Phi) is 5.16. The number of alkyl halides is 2. The molecule has 1 amide bonds. The van der Waals surface area contributed by atoms with Crippen molar-refractivity contribution in [2.24, 2.45) is 0 Å². The van der Waals surface area contributed by atoms with E-state index in [1.165, 1.54) is 18.2 Å². The second-order valence-corrected chi connectivity index (χ2v) is 3.59.